The van der Waals surface area contributed by atoms with Crippen molar-refractivity contribution in [3.63, 3.8) is 0 Å². The van der Waals surface area contributed by atoms with E-state index in [-0.39, 0.29) is 10.8 Å². The van der Waals surface area contributed by atoms with Crippen molar-refractivity contribution in [2.75, 3.05) is 0 Å². The van der Waals surface area contributed by atoms with E-state index in [9.17, 15) is 13.2 Å². The number of hydrogen-bond acceptors (Lipinski definition) is 3. The summed E-state index contributed by atoms with van der Waals surface area (Å²) in [6.45, 7) is 3.28. The molecule has 2 N–H and O–H groups in total. The number of halogens is 1. The van der Waals surface area contributed by atoms with Crippen LogP contribution in [0.15, 0.2) is 33.6 Å². The van der Waals surface area contributed by atoms with Crippen LogP contribution in [0.25, 0.3) is 0 Å². The van der Waals surface area contributed by atoms with Crippen LogP contribution in [0.5, 0.6) is 0 Å². The lowest BCUT2D eigenvalue weighted by molar-refractivity contribution is -0.140. The molecule has 1 atom stereocenters. The Balaban J connectivity index is 3.01. The summed E-state index contributed by atoms with van der Waals surface area (Å²) in [6.07, 6.45) is 0. The molecule has 1 aromatic rings. The number of hydrogen-bond donors (Lipinski definition) is 2. The molecule has 0 saturated carbocycles. The molecule has 7 heteroatoms. The molecule has 1 aromatic carbocycles. The summed E-state index contributed by atoms with van der Waals surface area (Å²) in [5, 5.41) is 8.96. The Morgan fingerprint density at radius 1 is 1.28 bits per heavy atom. The standard InChI is InChI=1S/C11H14BrNO4S/c1-7(2)10(11(14)15)13-18(16,17)9-5-3-8(12)4-6-9/h3-7,10,13H,1-2H3,(H,14,15). The molecule has 0 bridgehead atoms. The smallest absolute Gasteiger partial charge is 0.322 e. The second-order valence-corrected chi connectivity index (χ2v) is 6.76. The van der Waals surface area contributed by atoms with Crippen LogP contribution in [-0.2, 0) is 14.8 Å². The number of benzene rings is 1. The largest absolute Gasteiger partial charge is 0.480 e. The minimum Gasteiger partial charge on any atom is -0.480 e. The van der Waals surface area contributed by atoms with Gasteiger partial charge in [0, 0.05) is 4.47 Å². The average Bonchev–Trinajstić information content (AvgIpc) is 2.26. The van der Waals surface area contributed by atoms with Gasteiger partial charge < -0.3 is 5.11 Å². The summed E-state index contributed by atoms with van der Waals surface area (Å²) in [6, 6.07) is 4.84. The van der Waals surface area contributed by atoms with E-state index in [0.29, 0.717) is 0 Å². The zero-order valence-corrected chi connectivity index (χ0v) is 12.3. The topological polar surface area (TPSA) is 83.5 Å². The van der Waals surface area contributed by atoms with Crippen molar-refractivity contribution in [3.8, 4) is 0 Å². The first-order valence-corrected chi connectivity index (χ1v) is 7.52. The molecule has 0 aromatic heterocycles. The Labute approximate surface area is 114 Å². The van der Waals surface area contributed by atoms with E-state index >= 15 is 0 Å². The zero-order valence-electron chi connectivity index (χ0n) is 9.92. The van der Waals surface area contributed by atoms with Gasteiger partial charge in [-0.25, -0.2) is 8.42 Å². The highest BCUT2D eigenvalue weighted by atomic mass is 79.9. The first-order valence-electron chi connectivity index (χ1n) is 5.25. The molecule has 0 fully saturated rings. The second-order valence-electron chi connectivity index (χ2n) is 4.14. The van der Waals surface area contributed by atoms with Gasteiger partial charge in [-0.2, -0.15) is 4.72 Å². The highest BCUT2D eigenvalue weighted by Crippen LogP contribution is 2.16. The fraction of sp³-hybridized carbons (Fsp3) is 0.364. The fourth-order valence-electron chi connectivity index (χ4n) is 1.32. The molecule has 5 nitrogen and oxygen atoms in total. The lowest BCUT2D eigenvalue weighted by atomic mass is 10.1. The maximum absolute atomic E-state index is 12.0. The lowest BCUT2D eigenvalue weighted by Crippen LogP contribution is -2.44. The van der Waals surface area contributed by atoms with Gasteiger partial charge in [-0.1, -0.05) is 29.8 Å². The van der Waals surface area contributed by atoms with E-state index in [4.69, 9.17) is 5.11 Å². The molecule has 1 unspecified atom stereocenters. The van der Waals surface area contributed by atoms with Crippen LogP contribution in [-0.4, -0.2) is 25.5 Å². The van der Waals surface area contributed by atoms with E-state index in [1.165, 1.54) is 12.1 Å². The number of carboxylic acid groups (broad SMARTS) is 1. The van der Waals surface area contributed by atoms with E-state index < -0.39 is 22.0 Å². The van der Waals surface area contributed by atoms with Gasteiger partial charge in [0.25, 0.3) is 0 Å². The molecular formula is C11H14BrNO4S. The van der Waals surface area contributed by atoms with Crippen LogP contribution in [0.2, 0.25) is 0 Å². The molecule has 0 saturated heterocycles. The zero-order chi connectivity index (χ0) is 13.9. The number of aliphatic carboxylic acids is 1. The van der Waals surface area contributed by atoms with Gasteiger partial charge in [0.05, 0.1) is 4.90 Å². The Morgan fingerprint density at radius 3 is 2.17 bits per heavy atom. The molecule has 0 spiro atoms. The molecule has 0 amide bonds. The number of rotatable bonds is 5. The summed E-state index contributed by atoms with van der Waals surface area (Å²) >= 11 is 3.20. The minimum atomic E-state index is -3.82. The molecule has 0 aliphatic carbocycles. The first kappa shape index (κ1) is 15.1. The summed E-state index contributed by atoms with van der Waals surface area (Å²) in [5.74, 6) is -1.53. The lowest BCUT2D eigenvalue weighted by Gasteiger charge is -2.17. The maximum atomic E-state index is 12.0. The molecule has 0 aliphatic heterocycles. The van der Waals surface area contributed by atoms with Crippen LogP contribution < -0.4 is 4.72 Å². The predicted octanol–water partition coefficient (Wildman–Crippen LogP) is 1.84. The molecular weight excluding hydrogens is 322 g/mol. The van der Waals surface area contributed by atoms with Gasteiger partial charge in [0.2, 0.25) is 10.0 Å². The maximum Gasteiger partial charge on any atom is 0.322 e. The molecule has 0 aliphatic rings. The van der Waals surface area contributed by atoms with Crippen LogP contribution in [0.4, 0.5) is 0 Å². The third-order valence-electron chi connectivity index (χ3n) is 2.34. The van der Waals surface area contributed by atoms with Crippen molar-refractivity contribution in [3.05, 3.63) is 28.7 Å². The highest BCUT2D eigenvalue weighted by molar-refractivity contribution is 9.10. The summed E-state index contributed by atoms with van der Waals surface area (Å²) < 4.78 is 26.9. The van der Waals surface area contributed by atoms with Gasteiger partial charge in [0.1, 0.15) is 6.04 Å². The van der Waals surface area contributed by atoms with Crippen LogP contribution in [0.1, 0.15) is 13.8 Å². The van der Waals surface area contributed by atoms with Crippen molar-refractivity contribution >= 4 is 31.9 Å². The molecule has 18 heavy (non-hydrogen) atoms. The van der Waals surface area contributed by atoms with Crippen molar-refractivity contribution in [2.45, 2.75) is 24.8 Å². The summed E-state index contributed by atoms with van der Waals surface area (Å²) in [5.41, 5.74) is 0. The third-order valence-corrected chi connectivity index (χ3v) is 4.32. The van der Waals surface area contributed by atoms with Crippen molar-refractivity contribution < 1.29 is 18.3 Å². The van der Waals surface area contributed by atoms with Gasteiger partial charge >= 0.3 is 5.97 Å². The van der Waals surface area contributed by atoms with E-state index in [1.54, 1.807) is 26.0 Å². The number of carbonyl (C=O) groups is 1. The fourth-order valence-corrected chi connectivity index (χ4v) is 2.92. The van der Waals surface area contributed by atoms with Crippen molar-refractivity contribution in [1.29, 1.82) is 0 Å². The van der Waals surface area contributed by atoms with Crippen LogP contribution in [0.3, 0.4) is 0 Å². The van der Waals surface area contributed by atoms with E-state index in [2.05, 4.69) is 20.7 Å². The van der Waals surface area contributed by atoms with E-state index in [1.807, 2.05) is 0 Å². The number of sulfonamides is 1. The Bertz CT molecular complexity index is 524. The predicted molar refractivity (Wildman–Crippen MR) is 70.7 cm³/mol. The quantitative estimate of drug-likeness (QED) is 0.859. The van der Waals surface area contributed by atoms with E-state index in [0.717, 1.165) is 4.47 Å². The third kappa shape index (κ3) is 3.79. The first-order chi connectivity index (χ1) is 8.24. The molecule has 0 heterocycles. The Kier molecular flexibility index (Phi) is 4.89. The van der Waals surface area contributed by atoms with Gasteiger partial charge in [-0.15, -0.1) is 0 Å². The number of nitrogens with one attached hydrogen (secondary N) is 1. The van der Waals surface area contributed by atoms with Crippen molar-refractivity contribution in [2.24, 2.45) is 5.92 Å². The Hall–Kier alpha value is -0.920. The van der Waals surface area contributed by atoms with Crippen LogP contribution in [0, 0.1) is 5.92 Å². The number of carboxylic acids is 1. The van der Waals surface area contributed by atoms with Crippen molar-refractivity contribution in [1.82, 2.24) is 4.72 Å². The molecule has 0 radical (unpaired) electrons. The Morgan fingerprint density at radius 2 is 1.78 bits per heavy atom. The normalized spacial score (nSPS) is 13.6. The molecule has 100 valence electrons. The molecule has 1 rings (SSSR count). The van der Waals surface area contributed by atoms with Gasteiger partial charge in [-0.3, -0.25) is 4.79 Å². The second kappa shape index (κ2) is 5.81. The monoisotopic (exact) mass is 335 g/mol. The highest BCUT2D eigenvalue weighted by Gasteiger charge is 2.27. The minimum absolute atomic E-state index is 0.0394. The summed E-state index contributed by atoms with van der Waals surface area (Å²) in [7, 11) is -3.82. The average molecular weight is 336 g/mol. The van der Waals surface area contributed by atoms with Crippen LogP contribution >= 0.6 is 15.9 Å². The van der Waals surface area contributed by atoms with Gasteiger partial charge in [-0.05, 0) is 30.2 Å². The summed E-state index contributed by atoms with van der Waals surface area (Å²) in [4.78, 5) is 11.0. The van der Waals surface area contributed by atoms with Gasteiger partial charge in [0.15, 0.2) is 0 Å². The SMILES string of the molecule is CC(C)C(NS(=O)(=O)c1ccc(Br)cc1)C(=O)O.